The highest BCUT2D eigenvalue weighted by atomic mass is 35.5. The van der Waals surface area contributed by atoms with Crippen molar-refractivity contribution >= 4 is 23.3 Å². The molecule has 3 aliphatic carbocycles. The van der Waals surface area contributed by atoms with Crippen LogP contribution in [0.25, 0.3) is 0 Å². The molecule has 0 aliphatic heterocycles. The largest absolute Gasteiger partial charge is 0.493 e. The fraction of sp³-hybridized carbons (Fsp3) is 0.486. The van der Waals surface area contributed by atoms with Crippen LogP contribution in [0, 0.1) is 17.3 Å². The molecule has 1 aromatic heterocycles. The number of nitrogens with zero attached hydrogens (tertiary/aromatic N) is 1. The maximum absolute atomic E-state index is 12.7. The quantitative estimate of drug-likeness (QED) is 0.287. The van der Waals surface area contributed by atoms with Crippen molar-refractivity contribution in [2.24, 2.45) is 17.3 Å². The monoisotopic (exact) mass is 572 g/mol. The predicted molar refractivity (Wildman–Crippen MR) is 164 cm³/mol. The summed E-state index contributed by atoms with van der Waals surface area (Å²) in [7, 11) is 0. The minimum atomic E-state index is -0.998. The molecule has 41 heavy (non-hydrogen) atoms. The number of carboxylic acids is 1. The Morgan fingerprint density at radius 1 is 1.10 bits per heavy atom. The average molecular weight is 573 g/mol. The first-order valence-corrected chi connectivity index (χ1v) is 15.4. The van der Waals surface area contributed by atoms with E-state index in [1.165, 1.54) is 22.4 Å². The highest BCUT2D eigenvalue weighted by molar-refractivity contribution is 6.30. The molecule has 1 heterocycles. The molecule has 2 atom stereocenters. The van der Waals surface area contributed by atoms with Crippen LogP contribution in [0.3, 0.4) is 0 Å². The third kappa shape index (κ3) is 5.34. The molecule has 0 radical (unpaired) electrons. The number of benzene rings is 2. The zero-order chi connectivity index (χ0) is 28.8. The maximum Gasteiger partial charge on any atom is 0.329 e. The molecule has 216 valence electrons. The lowest BCUT2D eigenvalue weighted by Crippen LogP contribution is -2.53. The van der Waals surface area contributed by atoms with Crippen LogP contribution in [0.4, 0.5) is 5.69 Å². The number of hydrogen-bond acceptors (Lipinski definition) is 4. The molecular weight excluding hydrogens is 532 g/mol. The third-order valence-corrected chi connectivity index (χ3v) is 10.3. The Morgan fingerprint density at radius 3 is 2.63 bits per heavy atom. The van der Waals surface area contributed by atoms with Crippen LogP contribution in [0.1, 0.15) is 75.3 Å². The van der Waals surface area contributed by atoms with Gasteiger partial charge in [0.25, 0.3) is 0 Å². The van der Waals surface area contributed by atoms with Gasteiger partial charge in [-0.15, -0.1) is 0 Å². The molecule has 3 aromatic rings. The van der Waals surface area contributed by atoms with Crippen LogP contribution in [-0.2, 0) is 29.5 Å². The van der Waals surface area contributed by atoms with E-state index < -0.39 is 11.5 Å². The van der Waals surface area contributed by atoms with Crippen molar-refractivity contribution in [1.29, 1.82) is 0 Å². The molecule has 5 nitrogen and oxygen atoms in total. The topological polar surface area (TPSA) is 71.5 Å². The molecule has 0 saturated heterocycles. The highest BCUT2D eigenvalue weighted by Crippen LogP contribution is 2.56. The number of pyridine rings is 1. The number of carboxylic acid groups (broad SMARTS) is 1. The Morgan fingerprint density at radius 2 is 1.88 bits per heavy atom. The second-order valence-electron chi connectivity index (χ2n) is 13.6. The predicted octanol–water partition coefficient (Wildman–Crippen LogP) is 7.88. The van der Waals surface area contributed by atoms with Crippen LogP contribution in [0.15, 0.2) is 60.8 Å². The number of halogens is 1. The van der Waals surface area contributed by atoms with Crippen LogP contribution in [0.2, 0.25) is 5.02 Å². The number of fused-ring (bicyclic) bond motifs is 3. The van der Waals surface area contributed by atoms with E-state index in [0.29, 0.717) is 36.3 Å². The van der Waals surface area contributed by atoms with Gasteiger partial charge in [0, 0.05) is 28.2 Å². The van der Waals surface area contributed by atoms with E-state index in [0.717, 1.165) is 50.0 Å². The van der Waals surface area contributed by atoms with E-state index in [1.807, 2.05) is 36.5 Å². The van der Waals surface area contributed by atoms with Crippen molar-refractivity contribution in [1.82, 2.24) is 4.98 Å². The van der Waals surface area contributed by atoms with E-state index in [9.17, 15) is 9.90 Å². The Labute approximate surface area is 248 Å². The molecule has 0 bridgehead atoms. The fourth-order valence-electron chi connectivity index (χ4n) is 7.98. The Balaban J connectivity index is 1.18. The summed E-state index contributed by atoms with van der Waals surface area (Å²) < 4.78 is 6.47. The second kappa shape index (κ2) is 10.7. The number of rotatable bonds is 8. The molecule has 3 aliphatic rings. The standard InChI is InChI=1S/C35H41ClN2O3/c1-23(22-41-31-11-16-37-30-21-33(2,3)20-28(30)31)17-25-18-24-7-4-5-10-29(24)34(25)12-14-35(15-13-34,32(39)40)38-27-9-6-8-26(36)19-27/h4-11,16,19,23,25,38H,12-15,17-18,20-22H2,1-3H3,(H,39,40)/t23-,25+,34?,35?/m1/s1. The fourth-order valence-corrected chi connectivity index (χ4v) is 8.17. The smallest absolute Gasteiger partial charge is 0.329 e. The van der Waals surface area contributed by atoms with Gasteiger partial charge in [0.15, 0.2) is 0 Å². The number of hydrogen-bond donors (Lipinski definition) is 2. The van der Waals surface area contributed by atoms with Gasteiger partial charge in [-0.1, -0.05) is 62.7 Å². The summed E-state index contributed by atoms with van der Waals surface area (Å²) in [6, 6.07) is 18.2. The van der Waals surface area contributed by atoms with E-state index in [2.05, 4.69) is 55.3 Å². The zero-order valence-electron chi connectivity index (χ0n) is 24.4. The van der Waals surface area contributed by atoms with E-state index in [1.54, 1.807) is 0 Å². The molecule has 1 spiro atoms. The van der Waals surface area contributed by atoms with Gasteiger partial charge in [-0.3, -0.25) is 4.98 Å². The molecule has 6 heteroatoms. The first-order chi connectivity index (χ1) is 19.6. The van der Waals surface area contributed by atoms with E-state index >= 15 is 0 Å². The van der Waals surface area contributed by atoms with Gasteiger partial charge in [-0.2, -0.15) is 0 Å². The Hall–Kier alpha value is -3.05. The first-order valence-electron chi connectivity index (χ1n) is 15.0. The summed E-state index contributed by atoms with van der Waals surface area (Å²) in [6.07, 6.45) is 8.82. The molecule has 2 N–H and O–H groups in total. The van der Waals surface area contributed by atoms with Gasteiger partial charge in [-0.05, 0) is 109 Å². The van der Waals surface area contributed by atoms with Gasteiger partial charge in [0.05, 0.1) is 6.61 Å². The molecule has 0 amide bonds. The number of ether oxygens (including phenoxy) is 1. The minimum absolute atomic E-state index is 0.0121. The van der Waals surface area contributed by atoms with Crippen LogP contribution >= 0.6 is 11.6 Å². The number of aliphatic carboxylic acids is 1. The third-order valence-electron chi connectivity index (χ3n) is 10.0. The first kappa shape index (κ1) is 28.1. The minimum Gasteiger partial charge on any atom is -0.493 e. The van der Waals surface area contributed by atoms with Crippen molar-refractivity contribution in [2.75, 3.05) is 11.9 Å². The van der Waals surface area contributed by atoms with Crippen LogP contribution in [-0.4, -0.2) is 28.2 Å². The summed E-state index contributed by atoms with van der Waals surface area (Å²) in [5.41, 5.74) is 5.29. The normalized spacial score (nSPS) is 26.8. The lowest BCUT2D eigenvalue weighted by molar-refractivity contribution is -0.144. The zero-order valence-corrected chi connectivity index (χ0v) is 25.1. The summed E-state index contributed by atoms with van der Waals surface area (Å²) in [4.78, 5) is 17.3. The van der Waals surface area contributed by atoms with Crippen LogP contribution in [0.5, 0.6) is 5.75 Å². The number of carbonyl (C=O) groups is 1. The van der Waals surface area contributed by atoms with Gasteiger partial charge >= 0.3 is 5.97 Å². The number of nitrogens with one attached hydrogen (secondary N) is 1. The lowest BCUT2D eigenvalue weighted by atomic mass is 9.59. The number of aromatic nitrogens is 1. The number of anilines is 1. The van der Waals surface area contributed by atoms with Gasteiger partial charge in [0.2, 0.25) is 0 Å². The lowest BCUT2D eigenvalue weighted by Gasteiger charge is -2.47. The van der Waals surface area contributed by atoms with Gasteiger partial charge in [0.1, 0.15) is 11.3 Å². The molecule has 6 rings (SSSR count). The molecule has 1 fully saturated rings. The molecule has 2 aromatic carbocycles. The van der Waals surface area contributed by atoms with Crippen molar-refractivity contribution in [3.8, 4) is 5.75 Å². The van der Waals surface area contributed by atoms with Crippen molar-refractivity contribution in [3.63, 3.8) is 0 Å². The Kier molecular flexibility index (Phi) is 7.30. The summed E-state index contributed by atoms with van der Waals surface area (Å²) in [5, 5.41) is 14.4. The average Bonchev–Trinajstić information content (AvgIpc) is 3.41. The molecular formula is C35H41ClN2O3. The molecule has 1 saturated carbocycles. The highest BCUT2D eigenvalue weighted by Gasteiger charge is 2.54. The van der Waals surface area contributed by atoms with E-state index in [4.69, 9.17) is 16.3 Å². The summed E-state index contributed by atoms with van der Waals surface area (Å²) in [5.74, 6) is 1.04. The molecule has 0 unspecified atom stereocenters. The van der Waals surface area contributed by atoms with Crippen molar-refractivity contribution < 1.29 is 14.6 Å². The van der Waals surface area contributed by atoms with Gasteiger partial charge < -0.3 is 15.2 Å². The summed E-state index contributed by atoms with van der Waals surface area (Å²) >= 11 is 6.21. The Bertz CT molecular complexity index is 1440. The SMILES string of the molecule is C[C@@H](COc1ccnc2c1CC(C)(C)C2)C[C@H]1Cc2ccccc2C12CCC(Nc1cccc(Cl)c1)(C(=O)O)CC2. The maximum atomic E-state index is 12.7. The van der Waals surface area contributed by atoms with Crippen LogP contribution < -0.4 is 10.1 Å². The summed E-state index contributed by atoms with van der Waals surface area (Å²) in [6.45, 7) is 7.57. The van der Waals surface area contributed by atoms with Crippen molar-refractivity contribution in [3.05, 3.63) is 88.2 Å². The second-order valence-corrected chi connectivity index (χ2v) is 14.1. The van der Waals surface area contributed by atoms with Crippen molar-refractivity contribution in [2.45, 2.75) is 83.1 Å². The van der Waals surface area contributed by atoms with E-state index in [-0.39, 0.29) is 10.8 Å². The van der Waals surface area contributed by atoms with Gasteiger partial charge in [-0.25, -0.2) is 4.79 Å².